The first-order valence-corrected chi connectivity index (χ1v) is 10.3. The van der Waals surface area contributed by atoms with Gasteiger partial charge >= 0.3 is 0 Å². The van der Waals surface area contributed by atoms with Gasteiger partial charge in [0.2, 0.25) is 10.0 Å². The molecule has 0 unspecified atom stereocenters. The average Bonchev–Trinajstić information content (AvgIpc) is 2.67. The van der Waals surface area contributed by atoms with E-state index in [0.29, 0.717) is 11.5 Å². The van der Waals surface area contributed by atoms with E-state index in [4.69, 9.17) is 9.47 Å². The molecule has 0 bridgehead atoms. The van der Waals surface area contributed by atoms with Gasteiger partial charge in [0.15, 0.2) is 11.5 Å². The van der Waals surface area contributed by atoms with Crippen LogP contribution in [-0.2, 0) is 10.0 Å². The first-order chi connectivity index (χ1) is 13.2. The standard InChI is InChI=1S/C20H29N3O4S/c1-22(2)16-9-7-15(8-10-16)18(23(3)4)14-21-28(24,25)17-11-12-19(26-5)20(13-17)27-6/h7-13,18,21H,14H2,1-6H3/t18-/m0/s1. The molecule has 1 atom stereocenters. The summed E-state index contributed by atoms with van der Waals surface area (Å²) in [5.41, 5.74) is 2.12. The molecule has 0 aliphatic carbocycles. The molecule has 0 amide bonds. The Morgan fingerprint density at radius 2 is 1.54 bits per heavy atom. The Balaban J connectivity index is 2.20. The fourth-order valence-corrected chi connectivity index (χ4v) is 3.90. The van der Waals surface area contributed by atoms with E-state index in [1.807, 2.05) is 62.3 Å². The highest BCUT2D eigenvalue weighted by atomic mass is 32.2. The van der Waals surface area contributed by atoms with Crippen LogP contribution >= 0.6 is 0 Å². The topological polar surface area (TPSA) is 71.1 Å². The maximum atomic E-state index is 12.8. The normalized spacial score (nSPS) is 12.7. The molecule has 0 aliphatic heterocycles. The third kappa shape index (κ3) is 5.15. The summed E-state index contributed by atoms with van der Waals surface area (Å²) in [6, 6.07) is 12.5. The molecular formula is C20H29N3O4S. The maximum absolute atomic E-state index is 12.8. The first-order valence-electron chi connectivity index (χ1n) is 8.85. The second kappa shape index (κ2) is 9.27. The molecule has 2 rings (SSSR count). The third-order valence-corrected chi connectivity index (χ3v) is 5.97. The summed E-state index contributed by atoms with van der Waals surface area (Å²) in [4.78, 5) is 4.14. The molecule has 7 nitrogen and oxygen atoms in total. The van der Waals surface area contributed by atoms with Gasteiger partial charge in [-0.1, -0.05) is 12.1 Å². The maximum Gasteiger partial charge on any atom is 0.240 e. The van der Waals surface area contributed by atoms with Crippen LogP contribution in [0.3, 0.4) is 0 Å². The van der Waals surface area contributed by atoms with E-state index in [1.54, 1.807) is 6.07 Å². The van der Waals surface area contributed by atoms with Crippen molar-refractivity contribution in [1.29, 1.82) is 0 Å². The van der Waals surface area contributed by atoms with E-state index in [0.717, 1.165) is 11.3 Å². The van der Waals surface area contributed by atoms with Crippen LogP contribution < -0.4 is 19.1 Å². The van der Waals surface area contributed by atoms with Crippen LogP contribution in [0.5, 0.6) is 11.5 Å². The molecule has 0 fully saturated rings. The van der Waals surface area contributed by atoms with Gasteiger partial charge in [0.25, 0.3) is 0 Å². The van der Waals surface area contributed by atoms with E-state index in [1.165, 1.54) is 26.4 Å². The fraction of sp³-hybridized carbons (Fsp3) is 0.400. The predicted octanol–water partition coefficient (Wildman–Crippen LogP) is 2.35. The van der Waals surface area contributed by atoms with Gasteiger partial charge in [-0.25, -0.2) is 13.1 Å². The molecule has 154 valence electrons. The lowest BCUT2D eigenvalue weighted by Crippen LogP contribution is -2.34. The van der Waals surface area contributed by atoms with Crippen LogP contribution in [0.4, 0.5) is 5.69 Å². The monoisotopic (exact) mass is 407 g/mol. The number of hydrogen-bond donors (Lipinski definition) is 1. The molecule has 0 aromatic heterocycles. The van der Waals surface area contributed by atoms with Gasteiger partial charge < -0.3 is 19.3 Å². The lowest BCUT2D eigenvalue weighted by atomic mass is 10.1. The minimum atomic E-state index is -3.70. The number of nitrogens with one attached hydrogen (secondary N) is 1. The zero-order valence-electron chi connectivity index (χ0n) is 17.3. The SMILES string of the molecule is COc1ccc(S(=O)(=O)NC[C@@H](c2ccc(N(C)C)cc2)N(C)C)cc1OC. The first kappa shape index (κ1) is 22.0. The number of rotatable bonds is 9. The van der Waals surface area contributed by atoms with E-state index >= 15 is 0 Å². The summed E-state index contributed by atoms with van der Waals surface area (Å²) < 4.78 is 38.6. The van der Waals surface area contributed by atoms with E-state index in [2.05, 4.69) is 4.72 Å². The van der Waals surface area contributed by atoms with Crippen molar-refractivity contribution in [1.82, 2.24) is 9.62 Å². The Morgan fingerprint density at radius 1 is 0.929 bits per heavy atom. The van der Waals surface area contributed by atoms with Gasteiger partial charge in [0, 0.05) is 38.4 Å². The van der Waals surface area contributed by atoms with Gasteiger partial charge in [0.1, 0.15) is 0 Å². The Morgan fingerprint density at radius 3 is 2.04 bits per heavy atom. The summed E-state index contributed by atoms with van der Waals surface area (Å²) in [7, 11) is 7.10. The zero-order valence-corrected chi connectivity index (χ0v) is 18.1. The smallest absolute Gasteiger partial charge is 0.240 e. The predicted molar refractivity (Wildman–Crippen MR) is 112 cm³/mol. The van der Waals surface area contributed by atoms with Crippen LogP contribution in [0.2, 0.25) is 0 Å². The minimum absolute atomic E-state index is 0.105. The number of nitrogens with zero attached hydrogens (tertiary/aromatic N) is 2. The Hall–Kier alpha value is -2.29. The second-order valence-electron chi connectivity index (χ2n) is 6.83. The average molecular weight is 408 g/mol. The van der Waals surface area contributed by atoms with Crippen molar-refractivity contribution in [2.24, 2.45) is 0 Å². The van der Waals surface area contributed by atoms with E-state index in [-0.39, 0.29) is 17.5 Å². The highest BCUT2D eigenvalue weighted by Crippen LogP contribution is 2.29. The zero-order chi connectivity index (χ0) is 20.9. The van der Waals surface area contributed by atoms with Crippen LogP contribution in [0.1, 0.15) is 11.6 Å². The highest BCUT2D eigenvalue weighted by Gasteiger charge is 2.21. The lowest BCUT2D eigenvalue weighted by molar-refractivity contribution is 0.299. The molecule has 0 spiro atoms. The van der Waals surface area contributed by atoms with Crippen molar-refractivity contribution >= 4 is 15.7 Å². The van der Waals surface area contributed by atoms with Crippen molar-refractivity contribution in [2.75, 3.05) is 53.9 Å². The quantitative estimate of drug-likeness (QED) is 0.688. The molecule has 2 aromatic carbocycles. The number of anilines is 1. The highest BCUT2D eigenvalue weighted by molar-refractivity contribution is 7.89. The summed E-state index contributed by atoms with van der Waals surface area (Å²) >= 11 is 0. The van der Waals surface area contributed by atoms with Crippen molar-refractivity contribution in [3.8, 4) is 11.5 Å². The fourth-order valence-electron chi connectivity index (χ4n) is 2.85. The van der Waals surface area contributed by atoms with Crippen molar-refractivity contribution in [2.45, 2.75) is 10.9 Å². The molecule has 0 saturated heterocycles. The lowest BCUT2D eigenvalue weighted by Gasteiger charge is -2.26. The molecule has 8 heteroatoms. The Labute approximate surface area is 167 Å². The van der Waals surface area contributed by atoms with Crippen LogP contribution in [-0.4, -0.2) is 62.3 Å². The Kier molecular flexibility index (Phi) is 7.29. The van der Waals surface area contributed by atoms with Crippen LogP contribution in [0, 0.1) is 0 Å². The van der Waals surface area contributed by atoms with Crippen molar-refractivity contribution in [3.63, 3.8) is 0 Å². The minimum Gasteiger partial charge on any atom is -0.493 e. The van der Waals surface area contributed by atoms with Gasteiger partial charge in [0.05, 0.1) is 19.1 Å². The van der Waals surface area contributed by atoms with Crippen molar-refractivity contribution in [3.05, 3.63) is 48.0 Å². The van der Waals surface area contributed by atoms with E-state index in [9.17, 15) is 8.42 Å². The van der Waals surface area contributed by atoms with Gasteiger partial charge in [-0.2, -0.15) is 0 Å². The molecule has 0 saturated carbocycles. The number of likely N-dealkylation sites (N-methyl/N-ethyl adjacent to an activating group) is 1. The van der Waals surface area contributed by atoms with Gasteiger partial charge in [-0.05, 0) is 43.9 Å². The number of sulfonamides is 1. The summed E-state index contributed by atoms with van der Waals surface area (Å²) in [6.45, 7) is 0.241. The summed E-state index contributed by atoms with van der Waals surface area (Å²) in [6.07, 6.45) is 0. The molecule has 1 N–H and O–H groups in total. The third-order valence-electron chi connectivity index (χ3n) is 4.55. The van der Waals surface area contributed by atoms with Crippen LogP contribution in [0.15, 0.2) is 47.4 Å². The van der Waals surface area contributed by atoms with Gasteiger partial charge in [-0.15, -0.1) is 0 Å². The second-order valence-corrected chi connectivity index (χ2v) is 8.60. The molecule has 2 aromatic rings. The largest absolute Gasteiger partial charge is 0.493 e. The van der Waals surface area contributed by atoms with Crippen molar-refractivity contribution < 1.29 is 17.9 Å². The molecular weight excluding hydrogens is 378 g/mol. The number of methoxy groups -OCH3 is 2. The molecule has 28 heavy (non-hydrogen) atoms. The summed E-state index contributed by atoms with van der Waals surface area (Å²) in [5, 5.41) is 0. The molecule has 0 radical (unpaired) electrons. The van der Waals surface area contributed by atoms with E-state index < -0.39 is 10.0 Å². The number of ether oxygens (including phenoxy) is 2. The van der Waals surface area contributed by atoms with Gasteiger partial charge in [-0.3, -0.25) is 0 Å². The molecule has 0 aliphatic rings. The van der Waals surface area contributed by atoms with Crippen LogP contribution in [0.25, 0.3) is 0 Å². The number of benzene rings is 2. The Bertz CT molecular complexity index is 881. The number of hydrogen-bond acceptors (Lipinski definition) is 6. The molecule has 0 heterocycles. The summed E-state index contributed by atoms with van der Waals surface area (Å²) in [5.74, 6) is 0.849.